The number of nitrogens with one attached hydrogen (secondary N) is 1. The SMILES string of the molecule is Cc1cn([C@H]2O[C@H](CO)[C@@H](O)[C@H]2O)c(=S)[nH]c1=O. The van der Waals surface area contributed by atoms with E-state index in [1.165, 1.54) is 10.8 Å². The number of H-pyrrole nitrogens is 1. The summed E-state index contributed by atoms with van der Waals surface area (Å²) in [6.45, 7) is 1.18. The second-order valence-electron chi connectivity index (χ2n) is 4.21. The van der Waals surface area contributed by atoms with Crippen LogP contribution < -0.4 is 5.56 Å². The molecule has 0 bridgehead atoms. The highest BCUT2D eigenvalue weighted by atomic mass is 32.1. The van der Waals surface area contributed by atoms with Gasteiger partial charge in [-0.1, -0.05) is 0 Å². The minimum atomic E-state index is -1.22. The Morgan fingerprint density at radius 2 is 2.17 bits per heavy atom. The molecular weight excluding hydrogens is 260 g/mol. The van der Waals surface area contributed by atoms with Gasteiger partial charge in [0.25, 0.3) is 5.56 Å². The van der Waals surface area contributed by atoms with E-state index in [-0.39, 0.29) is 10.3 Å². The summed E-state index contributed by atoms with van der Waals surface area (Å²) in [5, 5.41) is 28.5. The van der Waals surface area contributed by atoms with E-state index in [4.69, 9.17) is 22.1 Å². The standard InChI is InChI=1S/C10H14N2O5S/c1-4-2-12(10(18)11-8(4)16)9-7(15)6(14)5(3-13)17-9/h2,5-7,9,13-15H,3H2,1H3,(H,11,16,18)/t5-,6-,7-,9+/m1/s1. The van der Waals surface area contributed by atoms with Gasteiger partial charge in [-0.05, 0) is 19.1 Å². The lowest BCUT2D eigenvalue weighted by Crippen LogP contribution is -2.33. The molecule has 0 spiro atoms. The van der Waals surface area contributed by atoms with Gasteiger partial charge in [0, 0.05) is 11.8 Å². The second-order valence-corrected chi connectivity index (χ2v) is 4.59. The zero-order valence-corrected chi connectivity index (χ0v) is 10.4. The molecule has 1 fully saturated rings. The molecule has 0 saturated carbocycles. The molecule has 0 unspecified atom stereocenters. The Labute approximate surface area is 107 Å². The zero-order valence-electron chi connectivity index (χ0n) is 9.61. The van der Waals surface area contributed by atoms with Crippen LogP contribution >= 0.6 is 12.2 Å². The van der Waals surface area contributed by atoms with Crippen LogP contribution in [0.15, 0.2) is 11.0 Å². The van der Waals surface area contributed by atoms with Crippen LogP contribution in [0.3, 0.4) is 0 Å². The molecule has 4 atom stereocenters. The average molecular weight is 274 g/mol. The predicted molar refractivity (Wildman–Crippen MR) is 63.6 cm³/mol. The Kier molecular flexibility index (Phi) is 3.64. The van der Waals surface area contributed by atoms with Gasteiger partial charge in [0.1, 0.15) is 18.3 Å². The Balaban J connectivity index is 2.42. The maximum Gasteiger partial charge on any atom is 0.254 e. The van der Waals surface area contributed by atoms with Crippen molar-refractivity contribution in [1.29, 1.82) is 0 Å². The normalized spacial score (nSPS) is 31.8. The summed E-state index contributed by atoms with van der Waals surface area (Å²) in [7, 11) is 0. The van der Waals surface area contributed by atoms with Crippen molar-refractivity contribution < 1.29 is 20.1 Å². The minimum Gasteiger partial charge on any atom is -0.394 e. The fraction of sp³-hybridized carbons (Fsp3) is 0.600. The molecule has 2 heterocycles. The smallest absolute Gasteiger partial charge is 0.254 e. The Morgan fingerprint density at radius 1 is 1.50 bits per heavy atom. The van der Waals surface area contributed by atoms with E-state index in [1.54, 1.807) is 6.92 Å². The van der Waals surface area contributed by atoms with E-state index in [9.17, 15) is 15.0 Å². The third-order valence-electron chi connectivity index (χ3n) is 2.94. The number of aromatic amines is 1. The Morgan fingerprint density at radius 3 is 2.72 bits per heavy atom. The number of aromatic nitrogens is 2. The predicted octanol–water partition coefficient (Wildman–Crippen LogP) is -1.17. The molecule has 1 aliphatic rings. The fourth-order valence-corrected chi connectivity index (χ4v) is 2.13. The van der Waals surface area contributed by atoms with E-state index in [0.29, 0.717) is 5.56 Å². The van der Waals surface area contributed by atoms with E-state index in [2.05, 4.69) is 4.98 Å². The summed E-state index contributed by atoms with van der Waals surface area (Å²) in [5.41, 5.74) is 0.0873. The van der Waals surface area contributed by atoms with Crippen molar-refractivity contribution in [3.63, 3.8) is 0 Å². The van der Waals surface area contributed by atoms with Crippen LogP contribution in [-0.2, 0) is 4.74 Å². The first-order chi connectivity index (χ1) is 8.45. The molecule has 0 radical (unpaired) electrons. The van der Waals surface area contributed by atoms with Gasteiger partial charge in [-0.25, -0.2) is 0 Å². The van der Waals surface area contributed by atoms with Gasteiger partial charge in [0.15, 0.2) is 11.0 Å². The van der Waals surface area contributed by atoms with Crippen LogP contribution in [0.25, 0.3) is 0 Å². The molecule has 0 aromatic carbocycles. The van der Waals surface area contributed by atoms with Crippen molar-refractivity contribution in [3.8, 4) is 0 Å². The number of aliphatic hydroxyl groups is 3. The van der Waals surface area contributed by atoms with Gasteiger partial charge in [-0.3, -0.25) is 14.3 Å². The highest BCUT2D eigenvalue weighted by Crippen LogP contribution is 2.29. The largest absolute Gasteiger partial charge is 0.394 e. The molecule has 8 heteroatoms. The van der Waals surface area contributed by atoms with Crippen molar-refractivity contribution in [2.24, 2.45) is 0 Å². The molecule has 1 aromatic rings. The molecule has 7 nitrogen and oxygen atoms in total. The molecule has 1 aromatic heterocycles. The summed E-state index contributed by atoms with van der Waals surface area (Å²) < 4.78 is 6.76. The fourth-order valence-electron chi connectivity index (χ4n) is 1.88. The maximum atomic E-state index is 11.3. The topological polar surface area (TPSA) is 108 Å². The molecule has 2 rings (SSSR count). The number of ether oxygens (including phenoxy) is 1. The minimum absolute atomic E-state index is 0.0837. The Hall–Kier alpha value is -1.06. The van der Waals surface area contributed by atoms with E-state index in [0.717, 1.165) is 0 Å². The average Bonchev–Trinajstić information content (AvgIpc) is 2.61. The summed E-state index contributed by atoms with van der Waals surface area (Å²) in [6, 6.07) is 0. The third-order valence-corrected chi connectivity index (χ3v) is 3.25. The number of nitrogens with zero attached hydrogens (tertiary/aromatic N) is 1. The van der Waals surface area contributed by atoms with Crippen LogP contribution in [0.2, 0.25) is 0 Å². The lowest BCUT2D eigenvalue weighted by molar-refractivity contribution is -0.0542. The lowest BCUT2D eigenvalue weighted by Gasteiger charge is -2.18. The van der Waals surface area contributed by atoms with Crippen LogP contribution in [0.5, 0.6) is 0 Å². The van der Waals surface area contributed by atoms with Crippen LogP contribution in [0.1, 0.15) is 11.8 Å². The zero-order chi connectivity index (χ0) is 13.4. The number of rotatable bonds is 2. The lowest BCUT2D eigenvalue weighted by atomic mass is 10.1. The molecular formula is C10H14N2O5S. The van der Waals surface area contributed by atoms with E-state index in [1.807, 2.05) is 0 Å². The maximum absolute atomic E-state index is 11.3. The summed E-state index contributed by atoms with van der Waals surface area (Å²) in [5.74, 6) is 0. The first-order valence-electron chi connectivity index (χ1n) is 5.40. The highest BCUT2D eigenvalue weighted by molar-refractivity contribution is 7.71. The van der Waals surface area contributed by atoms with E-state index >= 15 is 0 Å². The number of hydrogen-bond acceptors (Lipinski definition) is 6. The van der Waals surface area contributed by atoms with Gasteiger partial charge in [-0.2, -0.15) is 0 Å². The summed E-state index contributed by atoms with van der Waals surface area (Å²) in [6.07, 6.45) is -2.78. The third kappa shape index (κ3) is 2.13. The van der Waals surface area contributed by atoms with Crippen LogP contribution in [0, 0.1) is 11.7 Å². The molecule has 18 heavy (non-hydrogen) atoms. The van der Waals surface area contributed by atoms with Crippen molar-refractivity contribution in [2.45, 2.75) is 31.5 Å². The quantitative estimate of drug-likeness (QED) is 0.506. The summed E-state index contributed by atoms with van der Waals surface area (Å²) >= 11 is 4.97. The highest BCUT2D eigenvalue weighted by Gasteiger charge is 2.43. The monoisotopic (exact) mass is 274 g/mol. The van der Waals surface area contributed by atoms with Crippen molar-refractivity contribution >= 4 is 12.2 Å². The van der Waals surface area contributed by atoms with Crippen LogP contribution in [0.4, 0.5) is 0 Å². The molecule has 4 N–H and O–H groups in total. The van der Waals surface area contributed by atoms with E-state index < -0.39 is 31.1 Å². The second kappa shape index (κ2) is 4.90. The van der Waals surface area contributed by atoms with Gasteiger partial charge in [0.05, 0.1) is 6.61 Å². The Bertz CT molecular complexity index is 554. The first kappa shape index (κ1) is 13.4. The molecule has 1 aliphatic heterocycles. The first-order valence-corrected chi connectivity index (χ1v) is 5.81. The van der Waals surface area contributed by atoms with Gasteiger partial charge >= 0.3 is 0 Å². The molecule has 0 amide bonds. The van der Waals surface area contributed by atoms with Gasteiger partial charge in [-0.15, -0.1) is 0 Å². The van der Waals surface area contributed by atoms with Crippen molar-refractivity contribution in [3.05, 3.63) is 26.9 Å². The van der Waals surface area contributed by atoms with Gasteiger partial charge < -0.3 is 20.1 Å². The number of hydrogen-bond donors (Lipinski definition) is 4. The summed E-state index contributed by atoms with van der Waals surface area (Å²) in [4.78, 5) is 13.8. The van der Waals surface area contributed by atoms with Crippen molar-refractivity contribution in [1.82, 2.24) is 9.55 Å². The molecule has 0 aliphatic carbocycles. The number of aryl methyl sites for hydroxylation is 1. The van der Waals surface area contributed by atoms with Crippen molar-refractivity contribution in [2.75, 3.05) is 6.61 Å². The molecule has 1 saturated heterocycles. The van der Waals surface area contributed by atoms with Crippen LogP contribution in [-0.4, -0.2) is 49.8 Å². The van der Waals surface area contributed by atoms with Gasteiger partial charge in [0.2, 0.25) is 0 Å². The molecule has 100 valence electrons. The number of aliphatic hydroxyl groups excluding tert-OH is 3.